The first-order valence-electron chi connectivity index (χ1n) is 6.93. The molecule has 21 heavy (non-hydrogen) atoms. The number of aryl methyl sites for hydroxylation is 2. The van der Waals surface area contributed by atoms with E-state index < -0.39 is 6.04 Å². The van der Waals surface area contributed by atoms with Crippen molar-refractivity contribution >= 4 is 11.6 Å². The number of anilines is 1. The van der Waals surface area contributed by atoms with Crippen LogP contribution in [0.1, 0.15) is 17.5 Å². The largest absolute Gasteiger partial charge is 0.325 e. The molecule has 0 aliphatic heterocycles. The molecule has 0 saturated heterocycles. The van der Waals surface area contributed by atoms with E-state index in [1.807, 2.05) is 30.3 Å². The molecule has 0 aliphatic carbocycles. The van der Waals surface area contributed by atoms with Crippen LogP contribution in [0.4, 0.5) is 10.1 Å². The molecule has 0 aromatic heterocycles. The van der Waals surface area contributed by atoms with Gasteiger partial charge in [0.05, 0.1) is 6.04 Å². The van der Waals surface area contributed by atoms with Gasteiger partial charge in [-0.25, -0.2) is 4.39 Å². The third-order valence-electron chi connectivity index (χ3n) is 3.35. The van der Waals surface area contributed by atoms with Crippen molar-refractivity contribution in [2.45, 2.75) is 25.8 Å². The molecule has 3 N–H and O–H groups in total. The van der Waals surface area contributed by atoms with Crippen LogP contribution in [0.15, 0.2) is 48.5 Å². The van der Waals surface area contributed by atoms with Gasteiger partial charge in [-0.15, -0.1) is 0 Å². The summed E-state index contributed by atoms with van der Waals surface area (Å²) in [5, 5.41) is 2.72. The Kier molecular flexibility index (Phi) is 5.06. The van der Waals surface area contributed by atoms with Gasteiger partial charge in [0.1, 0.15) is 5.82 Å². The summed E-state index contributed by atoms with van der Waals surface area (Å²) in [6.07, 6.45) is 1.31. The Morgan fingerprint density at radius 3 is 2.62 bits per heavy atom. The van der Waals surface area contributed by atoms with Crippen molar-refractivity contribution in [3.63, 3.8) is 0 Å². The Labute approximate surface area is 124 Å². The molecule has 0 spiro atoms. The first-order chi connectivity index (χ1) is 10.1. The average Bonchev–Trinajstić information content (AvgIpc) is 2.49. The zero-order valence-corrected chi connectivity index (χ0v) is 12.0. The zero-order valence-electron chi connectivity index (χ0n) is 12.0. The van der Waals surface area contributed by atoms with Gasteiger partial charge < -0.3 is 11.1 Å². The highest BCUT2D eigenvalue weighted by Gasteiger charge is 2.14. The fourth-order valence-electron chi connectivity index (χ4n) is 2.06. The summed E-state index contributed by atoms with van der Waals surface area (Å²) < 4.78 is 13.2. The van der Waals surface area contributed by atoms with E-state index in [-0.39, 0.29) is 11.7 Å². The number of carbonyl (C=O) groups is 1. The lowest BCUT2D eigenvalue weighted by Crippen LogP contribution is -2.36. The summed E-state index contributed by atoms with van der Waals surface area (Å²) in [6, 6.07) is 13.8. The van der Waals surface area contributed by atoms with Crippen LogP contribution in [0.5, 0.6) is 0 Å². The highest BCUT2D eigenvalue weighted by molar-refractivity contribution is 5.94. The summed E-state index contributed by atoms with van der Waals surface area (Å²) in [7, 11) is 0. The van der Waals surface area contributed by atoms with E-state index >= 15 is 0 Å². The van der Waals surface area contributed by atoms with Crippen LogP contribution in [0, 0.1) is 12.7 Å². The van der Waals surface area contributed by atoms with Gasteiger partial charge in [-0.3, -0.25) is 4.79 Å². The van der Waals surface area contributed by atoms with E-state index in [2.05, 4.69) is 5.32 Å². The van der Waals surface area contributed by atoms with Gasteiger partial charge in [0.2, 0.25) is 5.91 Å². The van der Waals surface area contributed by atoms with Crippen LogP contribution in [0.3, 0.4) is 0 Å². The van der Waals surface area contributed by atoms with Gasteiger partial charge in [0, 0.05) is 5.69 Å². The molecule has 0 saturated carbocycles. The number of amides is 1. The lowest BCUT2D eigenvalue weighted by molar-refractivity contribution is -0.117. The number of rotatable bonds is 5. The maximum Gasteiger partial charge on any atom is 0.241 e. The van der Waals surface area contributed by atoms with Crippen molar-refractivity contribution in [1.29, 1.82) is 0 Å². The fraction of sp³-hybridized carbons (Fsp3) is 0.235. The van der Waals surface area contributed by atoms with Gasteiger partial charge in [-0.1, -0.05) is 30.3 Å². The minimum Gasteiger partial charge on any atom is -0.325 e. The Balaban J connectivity index is 1.89. The molecular formula is C17H19FN2O. The molecule has 3 nitrogen and oxygen atoms in total. The number of nitrogens with two attached hydrogens (primary N) is 1. The average molecular weight is 286 g/mol. The van der Waals surface area contributed by atoms with E-state index in [9.17, 15) is 9.18 Å². The van der Waals surface area contributed by atoms with Crippen molar-refractivity contribution in [2.75, 3.05) is 5.32 Å². The second kappa shape index (κ2) is 6.99. The number of benzene rings is 2. The molecular weight excluding hydrogens is 267 g/mol. The van der Waals surface area contributed by atoms with Crippen molar-refractivity contribution in [2.24, 2.45) is 5.73 Å². The minimum atomic E-state index is -0.587. The smallest absolute Gasteiger partial charge is 0.241 e. The monoisotopic (exact) mass is 286 g/mol. The van der Waals surface area contributed by atoms with Crippen LogP contribution >= 0.6 is 0 Å². The molecule has 2 aromatic rings. The molecule has 1 unspecified atom stereocenters. The Morgan fingerprint density at radius 1 is 1.24 bits per heavy atom. The third-order valence-corrected chi connectivity index (χ3v) is 3.35. The number of carbonyl (C=O) groups excluding carboxylic acids is 1. The predicted molar refractivity (Wildman–Crippen MR) is 82.5 cm³/mol. The normalized spacial score (nSPS) is 12.0. The molecule has 110 valence electrons. The molecule has 0 aliphatic rings. The summed E-state index contributed by atoms with van der Waals surface area (Å²) in [5.41, 5.74) is 8.10. The van der Waals surface area contributed by atoms with Crippen molar-refractivity contribution in [3.05, 3.63) is 65.5 Å². The van der Waals surface area contributed by atoms with Gasteiger partial charge in [0.25, 0.3) is 0 Å². The van der Waals surface area contributed by atoms with Gasteiger partial charge in [-0.2, -0.15) is 0 Å². The van der Waals surface area contributed by atoms with E-state index in [1.165, 1.54) is 12.1 Å². The Hall–Kier alpha value is -2.20. The first-order valence-corrected chi connectivity index (χ1v) is 6.93. The maximum absolute atomic E-state index is 13.2. The Morgan fingerprint density at radius 2 is 1.95 bits per heavy atom. The van der Waals surface area contributed by atoms with E-state index in [0.717, 1.165) is 12.0 Å². The number of nitrogens with one attached hydrogen (secondary N) is 1. The van der Waals surface area contributed by atoms with Gasteiger partial charge in [-0.05, 0) is 49.1 Å². The molecule has 1 amide bonds. The van der Waals surface area contributed by atoms with Crippen molar-refractivity contribution in [1.82, 2.24) is 0 Å². The van der Waals surface area contributed by atoms with Crippen LogP contribution < -0.4 is 11.1 Å². The summed E-state index contributed by atoms with van der Waals surface area (Å²) in [4.78, 5) is 12.0. The quantitative estimate of drug-likeness (QED) is 0.887. The van der Waals surface area contributed by atoms with Crippen molar-refractivity contribution < 1.29 is 9.18 Å². The third kappa shape index (κ3) is 4.39. The number of hydrogen-bond acceptors (Lipinski definition) is 2. The minimum absolute atomic E-state index is 0.253. The second-order valence-electron chi connectivity index (χ2n) is 5.08. The van der Waals surface area contributed by atoms with Crippen LogP contribution in [-0.2, 0) is 11.2 Å². The summed E-state index contributed by atoms with van der Waals surface area (Å²) in [6.45, 7) is 1.65. The highest BCUT2D eigenvalue weighted by Crippen LogP contribution is 2.14. The van der Waals surface area contributed by atoms with E-state index in [1.54, 1.807) is 13.0 Å². The molecule has 0 bridgehead atoms. The molecule has 0 fully saturated rings. The maximum atomic E-state index is 13.2. The second-order valence-corrected chi connectivity index (χ2v) is 5.08. The SMILES string of the molecule is Cc1cc(NC(=O)C(N)CCc2ccccc2)ccc1F. The van der Waals surface area contributed by atoms with Crippen LogP contribution in [0.25, 0.3) is 0 Å². The van der Waals surface area contributed by atoms with Crippen LogP contribution in [-0.4, -0.2) is 11.9 Å². The molecule has 1 atom stereocenters. The lowest BCUT2D eigenvalue weighted by Gasteiger charge is -2.13. The topological polar surface area (TPSA) is 55.1 Å². The summed E-state index contributed by atoms with van der Waals surface area (Å²) >= 11 is 0. The molecule has 0 heterocycles. The van der Waals surface area contributed by atoms with E-state index in [0.29, 0.717) is 17.7 Å². The highest BCUT2D eigenvalue weighted by atomic mass is 19.1. The number of hydrogen-bond donors (Lipinski definition) is 2. The standard InChI is InChI=1S/C17H19FN2O/c1-12-11-14(8-9-15(12)18)20-17(21)16(19)10-7-13-5-3-2-4-6-13/h2-6,8-9,11,16H,7,10,19H2,1H3,(H,20,21). The molecule has 2 aromatic carbocycles. The lowest BCUT2D eigenvalue weighted by atomic mass is 10.1. The molecule has 4 heteroatoms. The van der Waals surface area contributed by atoms with Gasteiger partial charge >= 0.3 is 0 Å². The fourth-order valence-corrected chi connectivity index (χ4v) is 2.06. The van der Waals surface area contributed by atoms with Crippen molar-refractivity contribution in [3.8, 4) is 0 Å². The molecule has 2 rings (SSSR count). The Bertz CT molecular complexity index is 613. The first kappa shape index (κ1) is 15.2. The zero-order chi connectivity index (χ0) is 15.2. The predicted octanol–water partition coefficient (Wildman–Crippen LogP) is 3.03. The van der Waals surface area contributed by atoms with Crippen LogP contribution in [0.2, 0.25) is 0 Å². The van der Waals surface area contributed by atoms with E-state index in [4.69, 9.17) is 5.73 Å². The molecule has 0 radical (unpaired) electrons. The number of halogens is 1. The summed E-state index contributed by atoms with van der Waals surface area (Å²) in [5.74, 6) is -0.543. The van der Waals surface area contributed by atoms with Gasteiger partial charge in [0.15, 0.2) is 0 Å².